The molecule has 0 fully saturated rings. The maximum atomic E-state index is 12.5. The number of thiophene rings is 1. The lowest BCUT2D eigenvalue weighted by Crippen LogP contribution is -2.29. The third kappa shape index (κ3) is 3.47. The lowest BCUT2D eigenvalue weighted by molar-refractivity contribution is 0.0602. The highest BCUT2D eigenvalue weighted by Crippen LogP contribution is 2.29. The molecule has 0 aliphatic rings. The molecule has 0 saturated carbocycles. The quantitative estimate of drug-likeness (QED) is 0.440. The number of esters is 1. The van der Waals surface area contributed by atoms with Crippen molar-refractivity contribution in [3.05, 3.63) is 28.5 Å². The summed E-state index contributed by atoms with van der Waals surface area (Å²) < 4.78 is 31.0. The number of ether oxygens (including phenoxy) is 1. The van der Waals surface area contributed by atoms with Gasteiger partial charge in [0.1, 0.15) is 9.77 Å². The molecule has 5 nitrogen and oxygen atoms in total. The standard InChI is InChI=1S/C13H19NO4S2/c1-5-6-7-8-14(3)20(16,17)12-10(2)9-19-11(12)13(15)18-4/h5,9H,1,6-8H2,2-4H3. The Morgan fingerprint density at radius 1 is 1.55 bits per heavy atom. The predicted molar refractivity (Wildman–Crippen MR) is 79.6 cm³/mol. The Morgan fingerprint density at radius 3 is 2.75 bits per heavy atom. The van der Waals surface area contributed by atoms with Crippen molar-refractivity contribution in [3.63, 3.8) is 0 Å². The third-order valence-corrected chi connectivity index (χ3v) is 6.09. The van der Waals surface area contributed by atoms with Gasteiger partial charge in [-0.15, -0.1) is 17.9 Å². The van der Waals surface area contributed by atoms with Crippen LogP contribution in [0.3, 0.4) is 0 Å². The molecule has 0 aliphatic carbocycles. The van der Waals surface area contributed by atoms with Crippen molar-refractivity contribution >= 4 is 27.3 Å². The number of nitrogens with zero attached hydrogens (tertiary/aromatic N) is 1. The van der Waals surface area contributed by atoms with Crippen LogP contribution in [0.1, 0.15) is 28.1 Å². The second-order valence-electron chi connectivity index (χ2n) is 4.33. The SMILES string of the molecule is C=CCCCN(C)S(=O)(=O)c1c(C)csc1C(=O)OC. The highest BCUT2D eigenvalue weighted by Gasteiger charge is 2.30. The summed E-state index contributed by atoms with van der Waals surface area (Å²) in [5.41, 5.74) is 0.561. The summed E-state index contributed by atoms with van der Waals surface area (Å²) in [4.78, 5) is 11.8. The zero-order valence-corrected chi connectivity index (χ0v) is 13.5. The first-order valence-electron chi connectivity index (χ1n) is 6.09. The Labute approximate surface area is 123 Å². The molecule has 1 heterocycles. The van der Waals surface area contributed by atoms with E-state index in [9.17, 15) is 13.2 Å². The van der Waals surface area contributed by atoms with Gasteiger partial charge in [-0.25, -0.2) is 17.5 Å². The van der Waals surface area contributed by atoms with E-state index >= 15 is 0 Å². The summed E-state index contributed by atoms with van der Waals surface area (Å²) in [5.74, 6) is -0.624. The highest BCUT2D eigenvalue weighted by atomic mass is 32.2. The van der Waals surface area contributed by atoms with Crippen LogP contribution in [0, 0.1) is 6.92 Å². The average Bonchev–Trinajstić information content (AvgIpc) is 2.80. The molecule has 0 amide bonds. The lowest BCUT2D eigenvalue weighted by atomic mass is 10.3. The van der Waals surface area contributed by atoms with Crippen molar-refractivity contribution in [3.8, 4) is 0 Å². The van der Waals surface area contributed by atoms with Crippen LogP contribution in [0.15, 0.2) is 22.9 Å². The van der Waals surface area contributed by atoms with E-state index in [2.05, 4.69) is 11.3 Å². The first-order valence-corrected chi connectivity index (χ1v) is 8.41. The van der Waals surface area contributed by atoms with E-state index in [1.54, 1.807) is 18.4 Å². The molecule has 0 saturated heterocycles. The van der Waals surface area contributed by atoms with Gasteiger partial charge in [-0.05, 0) is 30.7 Å². The Morgan fingerprint density at radius 2 is 2.20 bits per heavy atom. The van der Waals surface area contributed by atoms with Crippen LogP contribution in [0.4, 0.5) is 0 Å². The molecule has 1 rings (SSSR count). The monoisotopic (exact) mass is 317 g/mol. The molecule has 1 aromatic heterocycles. The summed E-state index contributed by atoms with van der Waals surface area (Å²) in [6.07, 6.45) is 3.18. The molecule has 0 radical (unpaired) electrons. The molecule has 112 valence electrons. The van der Waals surface area contributed by atoms with Crippen molar-refractivity contribution < 1.29 is 17.9 Å². The van der Waals surface area contributed by atoms with Gasteiger partial charge in [-0.1, -0.05) is 6.08 Å². The fraction of sp³-hybridized carbons (Fsp3) is 0.462. The Bertz CT molecular complexity index is 590. The summed E-state index contributed by atoms with van der Waals surface area (Å²) >= 11 is 1.08. The third-order valence-electron chi connectivity index (χ3n) is 2.84. The predicted octanol–water partition coefficient (Wildman–Crippen LogP) is 2.43. The lowest BCUT2D eigenvalue weighted by Gasteiger charge is -2.17. The number of hydrogen-bond donors (Lipinski definition) is 0. The molecule has 0 aliphatic heterocycles. The Balaban J connectivity index is 3.12. The normalized spacial score (nSPS) is 11.6. The molecule has 0 unspecified atom stereocenters. The van der Waals surface area contributed by atoms with Gasteiger partial charge >= 0.3 is 5.97 Å². The van der Waals surface area contributed by atoms with Crippen molar-refractivity contribution in [1.82, 2.24) is 4.31 Å². The minimum Gasteiger partial charge on any atom is -0.465 e. The van der Waals surface area contributed by atoms with Crippen LogP contribution in [0.25, 0.3) is 0 Å². The molecule has 0 atom stereocenters. The Hall–Kier alpha value is -1.18. The van der Waals surface area contributed by atoms with Crippen LogP contribution in [0.5, 0.6) is 0 Å². The summed E-state index contributed by atoms with van der Waals surface area (Å²) in [6.45, 7) is 5.66. The van der Waals surface area contributed by atoms with Crippen molar-refractivity contribution in [2.24, 2.45) is 0 Å². The first-order chi connectivity index (χ1) is 9.36. The number of allylic oxidation sites excluding steroid dienone is 1. The van der Waals surface area contributed by atoms with E-state index in [1.165, 1.54) is 18.5 Å². The molecule has 1 aromatic rings. The van der Waals surface area contributed by atoms with Crippen LogP contribution < -0.4 is 0 Å². The van der Waals surface area contributed by atoms with Gasteiger partial charge in [-0.2, -0.15) is 0 Å². The number of carbonyl (C=O) groups excluding carboxylic acids is 1. The van der Waals surface area contributed by atoms with Crippen molar-refractivity contribution in [2.45, 2.75) is 24.7 Å². The van der Waals surface area contributed by atoms with Crippen LogP contribution in [-0.4, -0.2) is 39.4 Å². The zero-order valence-electron chi connectivity index (χ0n) is 11.9. The maximum Gasteiger partial charge on any atom is 0.349 e. The number of unbranched alkanes of at least 4 members (excludes halogenated alkanes) is 1. The summed E-state index contributed by atoms with van der Waals surface area (Å²) in [5, 5.41) is 1.65. The minimum atomic E-state index is -3.68. The maximum absolute atomic E-state index is 12.5. The molecule has 0 aromatic carbocycles. The van der Waals surface area contributed by atoms with Crippen LogP contribution in [-0.2, 0) is 14.8 Å². The topological polar surface area (TPSA) is 63.7 Å². The van der Waals surface area contributed by atoms with Gasteiger partial charge in [0.2, 0.25) is 10.0 Å². The second-order valence-corrected chi connectivity index (χ2v) is 7.19. The molecule has 0 N–H and O–H groups in total. The van der Waals surface area contributed by atoms with E-state index in [-0.39, 0.29) is 9.77 Å². The molecular formula is C13H19NO4S2. The fourth-order valence-corrected chi connectivity index (χ4v) is 4.58. The average molecular weight is 317 g/mol. The molecule has 7 heteroatoms. The van der Waals surface area contributed by atoms with Gasteiger partial charge in [0.05, 0.1) is 7.11 Å². The number of sulfonamides is 1. The van der Waals surface area contributed by atoms with Gasteiger partial charge in [0.15, 0.2) is 0 Å². The van der Waals surface area contributed by atoms with Gasteiger partial charge in [-0.3, -0.25) is 0 Å². The van der Waals surface area contributed by atoms with E-state index in [0.29, 0.717) is 18.5 Å². The zero-order chi connectivity index (χ0) is 15.3. The van der Waals surface area contributed by atoms with Crippen molar-refractivity contribution in [1.29, 1.82) is 0 Å². The summed E-state index contributed by atoms with van der Waals surface area (Å²) in [7, 11) is -0.936. The minimum absolute atomic E-state index is 0.0513. The first kappa shape index (κ1) is 16.9. The van der Waals surface area contributed by atoms with Crippen molar-refractivity contribution in [2.75, 3.05) is 20.7 Å². The molecule has 0 spiro atoms. The van der Waals surface area contributed by atoms with E-state index in [4.69, 9.17) is 0 Å². The second kappa shape index (κ2) is 7.01. The summed E-state index contributed by atoms with van der Waals surface area (Å²) in [6, 6.07) is 0. The van der Waals surface area contributed by atoms with Gasteiger partial charge in [0, 0.05) is 13.6 Å². The molecule has 0 bridgehead atoms. The van der Waals surface area contributed by atoms with Gasteiger partial charge in [0.25, 0.3) is 0 Å². The van der Waals surface area contributed by atoms with Gasteiger partial charge < -0.3 is 4.74 Å². The molecule has 20 heavy (non-hydrogen) atoms. The smallest absolute Gasteiger partial charge is 0.349 e. The number of rotatable bonds is 7. The molecular weight excluding hydrogens is 298 g/mol. The largest absolute Gasteiger partial charge is 0.465 e. The number of carbonyl (C=O) groups is 1. The Kier molecular flexibility index (Phi) is 5.91. The fourth-order valence-electron chi connectivity index (χ4n) is 1.72. The van der Waals surface area contributed by atoms with Crippen LogP contribution >= 0.6 is 11.3 Å². The van der Waals surface area contributed by atoms with E-state index in [1.807, 2.05) is 0 Å². The van der Waals surface area contributed by atoms with E-state index in [0.717, 1.165) is 17.8 Å². The number of aryl methyl sites for hydroxylation is 1. The van der Waals surface area contributed by atoms with Crippen LogP contribution in [0.2, 0.25) is 0 Å². The highest BCUT2D eigenvalue weighted by molar-refractivity contribution is 7.89. The number of hydrogen-bond acceptors (Lipinski definition) is 5. The number of methoxy groups -OCH3 is 1. The van der Waals surface area contributed by atoms with E-state index < -0.39 is 16.0 Å².